The van der Waals surface area contributed by atoms with Gasteiger partial charge in [-0.2, -0.15) is 0 Å². The van der Waals surface area contributed by atoms with Crippen molar-refractivity contribution >= 4 is 0 Å². The summed E-state index contributed by atoms with van der Waals surface area (Å²) in [6.45, 7) is 9.30. The van der Waals surface area contributed by atoms with E-state index in [-0.39, 0.29) is 5.66 Å². The minimum Gasteiger partial charge on any atom is -0.353 e. The number of hydrogen-bond acceptors (Lipinski definition) is 2. The van der Waals surface area contributed by atoms with Gasteiger partial charge in [0.25, 0.3) is 0 Å². The predicted molar refractivity (Wildman–Crippen MR) is 166 cm³/mol. The molecule has 0 fully saturated rings. The molecule has 210 valence electrons. The van der Waals surface area contributed by atoms with Crippen LogP contribution in [0.25, 0.3) is 0 Å². The summed E-state index contributed by atoms with van der Waals surface area (Å²) in [4.78, 5) is 5.49. The number of nitrogens with zero attached hydrogens (tertiary/aromatic N) is 2. The minimum atomic E-state index is -0.0518. The van der Waals surface area contributed by atoms with Crippen LogP contribution in [0.4, 0.5) is 0 Å². The molecule has 0 bridgehead atoms. The average Bonchev–Trinajstić information content (AvgIpc) is 3.28. The van der Waals surface area contributed by atoms with E-state index in [9.17, 15) is 0 Å². The van der Waals surface area contributed by atoms with Gasteiger partial charge in [0.15, 0.2) is 0 Å². The molecule has 2 atom stereocenters. The standard InChI is InChI=1S/C36H56N2/c1-4-7-9-11-12-13-14-15-23-29-38-31-30-37(28-22-10-8-5-2)36(38,32-33-24-18-16-19-25-33)35(6-3)34-26-20-17-21-27-34/h16-21,24-27,30-31,35H,4-15,22-23,28-29,32H2,1-3H3. The van der Waals surface area contributed by atoms with Crippen LogP contribution in [0.5, 0.6) is 0 Å². The molecule has 38 heavy (non-hydrogen) atoms. The topological polar surface area (TPSA) is 6.48 Å². The summed E-state index contributed by atoms with van der Waals surface area (Å²) in [5, 5.41) is 0. The highest BCUT2D eigenvalue weighted by atomic mass is 15.4. The molecule has 2 nitrogen and oxygen atoms in total. The molecule has 1 heterocycles. The van der Waals surface area contributed by atoms with E-state index in [4.69, 9.17) is 0 Å². The number of rotatable bonds is 20. The summed E-state index contributed by atoms with van der Waals surface area (Å²) in [5.74, 6) is 0.448. The zero-order valence-corrected chi connectivity index (χ0v) is 24.9. The summed E-state index contributed by atoms with van der Waals surface area (Å²) in [6.07, 6.45) is 24.7. The Kier molecular flexibility index (Phi) is 13.9. The van der Waals surface area contributed by atoms with Crippen molar-refractivity contribution in [1.82, 2.24) is 9.80 Å². The predicted octanol–water partition coefficient (Wildman–Crippen LogP) is 10.3. The third kappa shape index (κ3) is 8.65. The molecule has 2 heteroatoms. The molecule has 1 aliphatic heterocycles. The van der Waals surface area contributed by atoms with Crippen LogP contribution in [0.1, 0.15) is 128 Å². The van der Waals surface area contributed by atoms with Gasteiger partial charge in [0.05, 0.1) is 0 Å². The van der Waals surface area contributed by atoms with Gasteiger partial charge in [-0.1, -0.05) is 152 Å². The van der Waals surface area contributed by atoms with E-state index in [1.807, 2.05) is 0 Å². The van der Waals surface area contributed by atoms with Gasteiger partial charge in [-0.05, 0) is 30.4 Å². The molecule has 3 rings (SSSR count). The lowest BCUT2D eigenvalue weighted by Gasteiger charge is -2.51. The second-order valence-corrected chi connectivity index (χ2v) is 11.5. The highest BCUT2D eigenvalue weighted by Crippen LogP contribution is 2.45. The quantitative estimate of drug-likeness (QED) is 0.161. The first-order chi connectivity index (χ1) is 18.8. The lowest BCUT2D eigenvalue weighted by atomic mass is 9.78. The van der Waals surface area contributed by atoms with E-state index >= 15 is 0 Å². The number of unbranched alkanes of at least 4 members (excludes halogenated alkanes) is 11. The maximum Gasteiger partial charge on any atom is 0.123 e. The normalized spacial score (nSPS) is 17.9. The number of hydrogen-bond donors (Lipinski definition) is 0. The van der Waals surface area contributed by atoms with E-state index in [2.05, 4.69) is 104 Å². The highest BCUT2D eigenvalue weighted by molar-refractivity contribution is 5.30. The van der Waals surface area contributed by atoms with Crippen molar-refractivity contribution in [2.24, 2.45) is 0 Å². The zero-order chi connectivity index (χ0) is 26.9. The van der Waals surface area contributed by atoms with Crippen LogP contribution in [0.15, 0.2) is 73.1 Å². The smallest absolute Gasteiger partial charge is 0.123 e. The molecule has 0 saturated heterocycles. The monoisotopic (exact) mass is 516 g/mol. The second kappa shape index (κ2) is 17.4. The maximum absolute atomic E-state index is 2.75. The van der Waals surface area contributed by atoms with Crippen molar-refractivity contribution in [3.8, 4) is 0 Å². The Balaban J connectivity index is 1.79. The van der Waals surface area contributed by atoms with Crippen LogP contribution in [-0.4, -0.2) is 28.6 Å². The van der Waals surface area contributed by atoms with Crippen molar-refractivity contribution in [2.75, 3.05) is 13.1 Å². The largest absolute Gasteiger partial charge is 0.353 e. The van der Waals surface area contributed by atoms with Crippen LogP contribution in [0.3, 0.4) is 0 Å². The lowest BCUT2D eigenvalue weighted by Crippen LogP contribution is -2.59. The van der Waals surface area contributed by atoms with Gasteiger partial charge >= 0.3 is 0 Å². The van der Waals surface area contributed by atoms with Crippen molar-refractivity contribution in [3.63, 3.8) is 0 Å². The van der Waals surface area contributed by atoms with Gasteiger partial charge in [-0.15, -0.1) is 0 Å². The summed E-state index contributed by atoms with van der Waals surface area (Å²) in [5.41, 5.74) is 2.87. The van der Waals surface area contributed by atoms with Gasteiger partial charge in [-0.25, -0.2) is 0 Å². The van der Waals surface area contributed by atoms with Gasteiger partial charge < -0.3 is 9.80 Å². The van der Waals surface area contributed by atoms with E-state index < -0.39 is 0 Å². The molecular formula is C36H56N2. The summed E-state index contributed by atoms with van der Waals surface area (Å²) < 4.78 is 0. The SMILES string of the molecule is CCCCCCCCCCCN1C=CN(CCCCCC)C1(Cc1ccccc1)C(CC)c1ccccc1. The molecule has 2 aromatic carbocycles. The van der Waals surface area contributed by atoms with Crippen molar-refractivity contribution in [2.45, 2.75) is 129 Å². The third-order valence-electron chi connectivity index (χ3n) is 8.65. The first-order valence-electron chi connectivity index (χ1n) is 16.1. The van der Waals surface area contributed by atoms with Gasteiger partial charge in [0.2, 0.25) is 0 Å². The van der Waals surface area contributed by atoms with Crippen LogP contribution in [0, 0.1) is 0 Å². The van der Waals surface area contributed by atoms with Crippen molar-refractivity contribution in [3.05, 3.63) is 84.2 Å². The van der Waals surface area contributed by atoms with E-state index in [1.54, 1.807) is 0 Å². The molecule has 0 spiro atoms. The first-order valence-corrected chi connectivity index (χ1v) is 16.1. The Morgan fingerprint density at radius 1 is 0.553 bits per heavy atom. The molecule has 0 amide bonds. The van der Waals surface area contributed by atoms with Crippen LogP contribution < -0.4 is 0 Å². The van der Waals surface area contributed by atoms with Gasteiger partial charge in [-0.3, -0.25) is 0 Å². The Morgan fingerprint density at radius 3 is 1.50 bits per heavy atom. The average molecular weight is 517 g/mol. The lowest BCUT2D eigenvalue weighted by molar-refractivity contribution is -0.00377. The van der Waals surface area contributed by atoms with Crippen LogP contribution in [0.2, 0.25) is 0 Å². The van der Waals surface area contributed by atoms with Gasteiger partial charge in [0.1, 0.15) is 5.66 Å². The fourth-order valence-corrected chi connectivity index (χ4v) is 6.56. The third-order valence-corrected chi connectivity index (χ3v) is 8.65. The molecule has 0 N–H and O–H groups in total. The molecule has 0 radical (unpaired) electrons. The summed E-state index contributed by atoms with van der Waals surface area (Å²) in [7, 11) is 0. The summed E-state index contributed by atoms with van der Waals surface area (Å²) >= 11 is 0. The molecular weight excluding hydrogens is 460 g/mol. The molecule has 0 saturated carbocycles. The van der Waals surface area contributed by atoms with E-state index in [1.165, 1.54) is 94.6 Å². The minimum absolute atomic E-state index is 0.0518. The fourth-order valence-electron chi connectivity index (χ4n) is 6.56. The van der Waals surface area contributed by atoms with Crippen molar-refractivity contribution < 1.29 is 0 Å². The second-order valence-electron chi connectivity index (χ2n) is 11.5. The van der Waals surface area contributed by atoms with Crippen LogP contribution >= 0.6 is 0 Å². The molecule has 0 aromatic heterocycles. The van der Waals surface area contributed by atoms with E-state index in [0.717, 1.165) is 25.9 Å². The maximum atomic E-state index is 2.75. The Bertz CT molecular complexity index is 877. The van der Waals surface area contributed by atoms with Crippen molar-refractivity contribution in [1.29, 1.82) is 0 Å². The fraction of sp³-hybridized carbons (Fsp3) is 0.611. The number of benzene rings is 2. The zero-order valence-electron chi connectivity index (χ0n) is 24.9. The summed E-state index contributed by atoms with van der Waals surface area (Å²) in [6, 6.07) is 22.6. The first kappa shape index (κ1) is 30.3. The Hall–Kier alpha value is -2.22. The van der Waals surface area contributed by atoms with Gasteiger partial charge in [0, 0.05) is 37.8 Å². The highest BCUT2D eigenvalue weighted by Gasteiger charge is 2.49. The molecule has 2 aromatic rings. The van der Waals surface area contributed by atoms with Crippen LogP contribution in [-0.2, 0) is 6.42 Å². The molecule has 2 unspecified atom stereocenters. The Labute approximate surface area is 235 Å². The van der Waals surface area contributed by atoms with E-state index in [0.29, 0.717) is 5.92 Å². The molecule has 1 aliphatic rings. The Morgan fingerprint density at radius 2 is 1.00 bits per heavy atom. The molecule has 0 aliphatic carbocycles.